The lowest BCUT2D eigenvalue weighted by molar-refractivity contribution is -0.142. The smallest absolute Gasteiger partial charge is 0.328 e. The van der Waals surface area contributed by atoms with E-state index in [9.17, 15) is 4.79 Å². The molecule has 13 heavy (non-hydrogen) atoms. The first kappa shape index (κ1) is 9.48. The topological polar surface area (TPSA) is 52.3 Å². The van der Waals surface area contributed by atoms with Crippen molar-refractivity contribution in [1.82, 2.24) is 0 Å². The van der Waals surface area contributed by atoms with Gasteiger partial charge in [0.1, 0.15) is 0 Å². The number of hydrogen-bond acceptors (Lipinski definition) is 3. The van der Waals surface area contributed by atoms with Gasteiger partial charge in [-0.25, -0.2) is 0 Å². The maximum Gasteiger partial charge on any atom is 0.328 e. The Balaban J connectivity index is 2.65. The molecule has 1 aromatic carbocycles. The van der Waals surface area contributed by atoms with E-state index in [1.165, 1.54) is 0 Å². The van der Waals surface area contributed by atoms with E-state index in [4.69, 9.17) is 5.90 Å². The summed E-state index contributed by atoms with van der Waals surface area (Å²) in [5, 5.41) is 0. The Bertz CT molecular complexity index is 306. The zero-order valence-corrected chi connectivity index (χ0v) is 7.19. The van der Waals surface area contributed by atoms with Crippen LogP contribution in [0.2, 0.25) is 0 Å². The van der Waals surface area contributed by atoms with Crippen molar-refractivity contribution < 1.29 is 9.63 Å². The maximum absolute atomic E-state index is 10.8. The van der Waals surface area contributed by atoms with Crippen LogP contribution in [0.4, 0.5) is 0 Å². The number of carbonyl (C=O) groups is 1. The Labute approximate surface area is 76.8 Å². The van der Waals surface area contributed by atoms with E-state index in [1.54, 1.807) is 0 Å². The van der Waals surface area contributed by atoms with Crippen LogP contribution in [0.5, 0.6) is 0 Å². The molecule has 0 saturated heterocycles. The SMILES string of the molecule is C=C(CC(=O)ON)c1ccccc1. The van der Waals surface area contributed by atoms with E-state index in [2.05, 4.69) is 11.4 Å². The van der Waals surface area contributed by atoms with Crippen LogP contribution in [0.25, 0.3) is 5.57 Å². The first-order valence-electron chi connectivity index (χ1n) is 3.87. The highest BCUT2D eigenvalue weighted by Crippen LogP contribution is 2.15. The summed E-state index contributed by atoms with van der Waals surface area (Å²) in [7, 11) is 0. The predicted octanol–water partition coefficient (Wildman–Crippen LogP) is 1.51. The lowest BCUT2D eigenvalue weighted by atomic mass is 10.1. The van der Waals surface area contributed by atoms with Gasteiger partial charge in [0.15, 0.2) is 0 Å². The monoisotopic (exact) mass is 177 g/mol. The van der Waals surface area contributed by atoms with Gasteiger partial charge in [-0.15, -0.1) is 0 Å². The Hall–Kier alpha value is -1.61. The lowest BCUT2D eigenvalue weighted by Crippen LogP contribution is -2.09. The standard InChI is InChI=1S/C10H11NO2/c1-8(7-10(12)13-11)9-5-3-2-4-6-9/h2-6H,1,7,11H2. The van der Waals surface area contributed by atoms with Crippen LogP contribution in [-0.2, 0) is 9.63 Å². The number of carbonyl (C=O) groups excluding carboxylic acids is 1. The summed E-state index contributed by atoms with van der Waals surface area (Å²) in [5.74, 6) is 4.23. The average Bonchev–Trinajstić information content (AvgIpc) is 2.19. The fourth-order valence-electron chi connectivity index (χ4n) is 0.992. The molecular weight excluding hydrogens is 166 g/mol. The van der Waals surface area contributed by atoms with Gasteiger partial charge in [0.25, 0.3) is 0 Å². The molecule has 3 heteroatoms. The molecule has 0 aliphatic carbocycles. The summed E-state index contributed by atoms with van der Waals surface area (Å²) in [5.41, 5.74) is 1.63. The predicted molar refractivity (Wildman–Crippen MR) is 50.4 cm³/mol. The van der Waals surface area contributed by atoms with Gasteiger partial charge >= 0.3 is 5.97 Å². The molecule has 0 radical (unpaired) electrons. The minimum atomic E-state index is -0.478. The van der Waals surface area contributed by atoms with E-state index >= 15 is 0 Å². The molecule has 0 aromatic heterocycles. The minimum Gasteiger partial charge on any atom is -0.373 e. The Morgan fingerprint density at radius 1 is 1.38 bits per heavy atom. The van der Waals surface area contributed by atoms with Crippen molar-refractivity contribution in [3.8, 4) is 0 Å². The molecule has 2 N–H and O–H groups in total. The normalized spacial score (nSPS) is 9.31. The van der Waals surface area contributed by atoms with Gasteiger partial charge in [-0.1, -0.05) is 36.9 Å². The first-order valence-corrected chi connectivity index (χ1v) is 3.87. The summed E-state index contributed by atoms with van der Waals surface area (Å²) in [4.78, 5) is 14.8. The van der Waals surface area contributed by atoms with E-state index in [1.807, 2.05) is 30.3 Å². The fraction of sp³-hybridized carbons (Fsp3) is 0.100. The van der Waals surface area contributed by atoms with E-state index in [-0.39, 0.29) is 6.42 Å². The number of benzene rings is 1. The lowest BCUT2D eigenvalue weighted by Gasteiger charge is -2.02. The third-order valence-electron chi connectivity index (χ3n) is 1.67. The zero-order chi connectivity index (χ0) is 9.68. The molecule has 0 atom stereocenters. The molecule has 3 nitrogen and oxygen atoms in total. The quantitative estimate of drug-likeness (QED) is 0.712. The summed E-state index contributed by atoms with van der Waals surface area (Å²) < 4.78 is 0. The molecule has 0 fully saturated rings. The number of rotatable bonds is 3. The minimum absolute atomic E-state index is 0.126. The van der Waals surface area contributed by atoms with Gasteiger partial charge in [0, 0.05) is 0 Å². The zero-order valence-electron chi connectivity index (χ0n) is 7.19. The third-order valence-corrected chi connectivity index (χ3v) is 1.67. The van der Waals surface area contributed by atoms with E-state index in [0.29, 0.717) is 5.57 Å². The second-order valence-corrected chi connectivity index (χ2v) is 2.64. The summed E-state index contributed by atoms with van der Waals surface area (Å²) in [6, 6.07) is 9.43. The molecule has 0 bridgehead atoms. The second kappa shape index (κ2) is 4.42. The van der Waals surface area contributed by atoms with Crippen LogP contribution >= 0.6 is 0 Å². The van der Waals surface area contributed by atoms with Crippen LogP contribution in [0.1, 0.15) is 12.0 Å². The van der Waals surface area contributed by atoms with Crippen molar-refractivity contribution in [2.75, 3.05) is 0 Å². The van der Waals surface area contributed by atoms with Crippen LogP contribution < -0.4 is 5.90 Å². The molecule has 0 aliphatic rings. The number of nitrogens with two attached hydrogens (primary N) is 1. The van der Waals surface area contributed by atoms with Gasteiger partial charge in [-0.05, 0) is 11.1 Å². The second-order valence-electron chi connectivity index (χ2n) is 2.64. The molecule has 68 valence electrons. The van der Waals surface area contributed by atoms with Crippen LogP contribution in [0, 0.1) is 0 Å². The summed E-state index contributed by atoms with van der Waals surface area (Å²) >= 11 is 0. The molecular formula is C10H11NO2. The molecule has 0 heterocycles. The molecule has 1 aromatic rings. The summed E-state index contributed by atoms with van der Waals surface area (Å²) in [6.07, 6.45) is 0.126. The molecule has 0 aliphatic heterocycles. The first-order chi connectivity index (χ1) is 6.24. The molecule has 0 amide bonds. The van der Waals surface area contributed by atoms with Crippen LogP contribution in [0.15, 0.2) is 36.9 Å². The summed E-state index contributed by atoms with van der Waals surface area (Å²) in [6.45, 7) is 3.76. The Morgan fingerprint density at radius 2 is 2.00 bits per heavy atom. The molecule has 0 saturated carbocycles. The molecule has 0 unspecified atom stereocenters. The van der Waals surface area contributed by atoms with Crippen molar-refractivity contribution in [1.29, 1.82) is 0 Å². The Morgan fingerprint density at radius 3 is 2.54 bits per heavy atom. The highest BCUT2D eigenvalue weighted by molar-refractivity contribution is 5.84. The van der Waals surface area contributed by atoms with Crippen molar-refractivity contribution >= 4 is 11.5 Å². The number of hydrogen-bond donors (Lipinski definition) is 1. The van der Waals surface area contributed by atoms with Gasteiger partial charge < -0.3 is 4.84 Å². The van der Waals surface area contributed by atoms with E-state index < -0.39 is 5.97 Å². The average molecular weight is 177 g/mol. The largest absolute Gasteiger partial charge is 0.373 e. The third kappa shape index (κ3) is 2.72. The van der Waals surface area contributed by atoms with Crippen molar-refractivity contribution in [3.05, 3.63) is 42.5 Å². The highest BCUT2D eigenvalue weighted by Gasteiger charge is 2.05. The van der Waals surface area contributed by atoms with Gasteiger partial charge in [0.05, 0.1) is 6.42 Å². The van der Waals surface area contributed by atoms with E-state index in [0.717, 1.165) is 5.56 Å². The fourth-order valence-corrected chi connectivity index (χ4v) is 0.992. The van der Waals surface area contributed by atoms with Crippen molar-refractivity contribution in [2.45, 2.75) is 6.42 Å². The van der Waals surface area contributed by atoms with Crippen LogP contribution in [-0.4, -0.2) is 5.97 Å². The van der Waals surface area contributed by atoms with Gasteiger partial charge in [0.2, 0.25) is 0 Å². The van der Waals surface area contributed by atoms with Gasteiger partial charge in [-0.3, -0.25) is 4.79 Å². The van der Waals surface area contributed by atoms with Crippen LogP contribution in [0.3, 0.4) is 0 Å². The maximum atomic E-state index is 10.8. The molecule has 1 rings (SSSR count). The highest BCUT2D eigenvalue weighted by atomic mass is 16.7. The Kier molecular flexibility index (Phi) is 3.23. The van der Waals surface area contributed by atoms with Gasteiger partial charge in [-0.2, -0.15) is 5.90 Å². The van der Waals surface area contributed by atoms with Crippen molar-refractivity contribution in [3.63, 3.8) is 0 Å². The van der Waals surface area contributed by atoms with Crippen molar-refractivity contribution in [2.24, 2.45) is 5.90 Å². The molecule has 0 spiro atoms.